The van der Waals surface area contributed by atoms with Crippen LogP contribution in [0.4, 0.5) is 0 Å². The van der Waals surface area contributed by atoms with Crippen LogP contribution in [0.2, 0.25) is 0 Å². The molecule has 1 aromatic heterocycles. The van der Waals surface area contributed by atoms with Gasteiger partial charge in [0.1, 0.15) is 6.10 Å². The maximum absolute atomic E-state index is 12.1. The third-order valence-corrected chi connectivity index (χ3v) is 3.61. The first-order valence-corrected chi connectivity index (χ1v) is 6.17. The zero-order chi connectivity index (χ0) is 11.7. The summed E-state index contributed by atoms with van der Waals surface area (Å²) in [5, 5.41) is 12.8. The number of aliphatic hydroxyl groups is 1. The molecule has 0 aliphatic carbocycles. The third-order valence-electron chi connectivity index (χ3n) is 2.64. The van der Waals surface area contributed by atoms with Crippen LogP contribution in [0.5, 0.6) is 0 Å². The maximum Gasteiger partial charge on any atom is 0.192 e. The number of benzene rings is 1. The van der Waals surface area contributed by atoms with Gasteiger partial charge in [-0.25, -0.2) is 0 Å². The van der Waals surface area contributed by atoms with Crippen LogP contribution >= 0.6 is 11.3 Å². The van der Waals surface area contributed by atoms with Crippen molar-refractivity contribution in [3.05, 3.63) is 35.2 Å². The molecular weight excluding hydrogens is 220 g/mol. The second-order valence-corrected chi connectivity index (χ2v) is 5.11. The van der Waals surface area contributed by atoms with Crippen molar-refractivity contribution >= 4 is 27.2 Å². The Morgan fingerprint density at radius 1 is 1.31 bits per heavy atom. The Bertz CT molecular complexity index is 513. The number of hydrogen-bond acceptors (Lipinski definition) is 3. The molecule has 0 bridgehead atoms. The van der Waals surface area contributed by atoms with E-state index in [-0.39, 0.29) is 11.7 Å². The molecule has 0 spiro atoms. The largest absolute Gasteiger partial charge is 0.385 e. The number of carbonyl (C=O) groups is 1. The van der Waals surface area contributed by atoms with Crippen molar-refractivity contribution in [2.75, 3.05) is 0 Å². The number of aliphatic hydroxyl groups excluding tert-OH is 1. The van der Waals surface area contributed by atoms with Gasteiger partial charge < -0.3 is 5.11 Å². The predicted molar refractivity (Wildman–Crippen MR) is 67.0 cm³/mol. The normalized spacial score (nSPS) is 13.2. The van der Waals surface area contributed by atoms with E-state index >= 15 is 0 Å². The predicted octanol–water partition coefficient (Wildman–Crippen LogP) is 3.10. The molecule has 0 aliphatic heterocycles. The lowest BCUT2D eigenvalue weighted by atomic mass is 9.97. The first-order chi connectivity index (χ1) is 7.61. The third kappa shape index (κ3) is 1.88. The number of thiophene rings is 1. The van der Waals surface area contributed by atoms with E-state index in [1.807, 2.05) is 37.4 Å². The summed E-state index contributed by atoms with van der Waals surface area (Å²) in [6, 6.07) is 7.60. The number of rotatable bonds is 3. The minimum Gasteiger partial charge on any atom is -0.385 e. The Kier molecular flexibility index (Phi) is 3.08. The minimum absolute atomic E-state index is 0.0530. The summed E-state index contributed by atoms with van der Waals surface area (Å²) >= 11 is 1.54. The summed E-state index contributed by atoms with van der Waals surface area (Å²) in [5.41, 5.74) is 0.633. The maximum atomic E-state index is 12.1. The second kappa shape index (κ2) is 4.36. The second-order valence-electron chi connectivity index (χ2n) is 4.20. The van der Waals surface area contributed by atoms with E-state index in [0.717, 1.165) is 10.1 Å². The fraction of sp³-hybridized carbons (Fsp3) is 0.308. The highest BCUT2D eigenvalue weighted by molar-refractivity contribution is 7.17. The van der Waals surface area contributed by atoms with E-state index in [1.165, 1.54) is 11.3 Å². The lowest BCUT2D eigenvalue weighted by Gasteiger charge is -2.13. The van der Waals surface area contributed by atoms with Gasteiger partial charge in [0.15, 0.2) is 5.78 Å². The van der Waals surface area contributed by atoms with Gasteiger partial charge in [0.2, 0.25) is 0 Å². The monoisotopic (exact) mass is 234 g/mol. The molecule has 0 fully saturated rings. The highest BCUT2D eigenvalue weighted by Crippen LogP contribution is 2.26. The number of carbonyl (C=O) groups excluding carboxylic acids is 1. The molecular formula is C13H14O2S. The molecule has 16 heavy (non-hydrogen) atoms. The van der Waals surface area contributed by atoms with Crippen molar-refractivity contribution in [3.8, 4) is 0 Å². The summed E-state index contributed by atoms with van der Waals surface area (Å²) in [6.45, 7) is 3.69. The molecule has 0 saturated carbocycles. The van der Waals surface area contributed by atoms with Crippen LogP contribution in [0, 0.1) is 5.92 Å². The van der Waals surface area contributed by atoms with Crippen molar-refractivity contribution < 1.29 is 9.90 Å². The molecule has 1 N–H and O–H groups in total. The van der Waals surface area contributed by atoms with Crippen molar-refractivity contribution in [1.29, 1.82) is 0 Å². The summed E-state index contributed by atoms with van der Waals surface area (Å²) < 4.78 is 0.965. The molecule has 1 unspecified atom stereocenters. The lowest BCUT2D eigenvalue weighted by Crippen LogP contribution is -2.26. The summed E-state index contributed by atoms with van der Waals surface area (Å²) in [6.07, 6.45) is -0.910. The van der Waals surface area contributed by atoms with Crippen LogP contribution < -0.4 is 0 Å². The van der Waals surface area contributed by atoms with Crippen molar-refractivity contribution in [2.45, 2.75) is 20.0 Å². The van der Waals surface area contributed by atoms with Gasteiger partial charge in [-0.3, -0.25) is 4.79 Å². The zero-order valence-electron chi connectivity index (χ0n) is 9.31. The van der Waals surface area contributed by atoms with E-state index in [0.29, 0.717) is 5.56 Å². The average molecular weight is 234 g/mol. The van der Waals surface area contributed by atoms with Crippen molar-refractivity contribution in [2.24, 2.45) is 5.92 Å². The van der Waals surface area contributed by atoms with Gasteiger partial charge >= 0.3 is 0 Å². The molecule has 1 aromatic carbocycles. The van der Waals surface area contributed by atoms with Gasteiger partial charge in [-0.05, 0) is 28.8 Å². The summed E-state index contributed by atoms with van der Waals surface area (Å²) in [7, 11) is 0. The Morgan fingerprint density at radius 3 is 2.75 bits per heavy atom. The van der Waals surface area contributed by atoms with Crippen LogP contribution in [0.25, 0.3) is 10.1 Å². The smallest absolute Gasteiger partial charge is 0.192 e. The molecule has 0 saturated heterocycles. The molecule has 1 heterocycles. The quantitative estimate of drug-likeness (QED) is 0.829. The standard InChI is InChI=1S/C13H14O2S/c1-8(2)11(14)12(15)10-5-3-4-9-6-7-16-13(9)10/h3-8,11,14H,1-2H3. The number of hydrogen-bond donors (Lipinski definition) is 1. The van der Waals surface area contributed by atoms with Crippen molar-refractivity contribution in [1.82, 2.24) is 0 Å². The van der Waals surface area contributed by atoms with Crippen LogP contribution in [0.3, 0.4) is 0 Å². The molecule has 1 atom stereocenters. The number of ketones is 1. The zero-order valence-corrected chi connectivity index (χ0v) is 10.1. The minimum atomic E-state index is -0.910. The van der Waals surface area contributed by atoms with Gasteiger partial charge in [0.25, 0.3) is 0 Å². The molecule has 0 amide bonds. The number of fused-ring (bicyclic) bond motifs is 1. The van der Waals surface area contributed by atoms with Crippen molar-refractivity contribution in [3.63, 3.8) is 0 Å². The Hall–Kier alpha value is -1.19. The van der Waals surface area contributed by atoms with Crippen LogP contribution in [0.15, 0.2) is 29.6 Å². The van der Waals surface area contributed by atoms with Gasteiger partial charge in [-0.2, -0.15) is 0 Å². The van der Waals surface area contributed by atoms with Crippen LogP contribution in [-0.2, 0) is 0 Å². The van der Waals surface area contributed by atoms with E-state index in [2.05, 4.69) is 0 Å². The topological polar surface area (TPSA) is 37.3 Å². The van der Waals surface area contributed by atoms with Crippen LogP contribution in [0.1, 0.15) is 24.2 Å². The first kappa shape index (κ1) is 11.3. The lowest BCUT2D eigenvalue weighted by molar-refractivity contribution is 0.0650. The Labute approximate surface area is 98.5 Å². The molecule has 2 rings (SSSR count). The van der Waals surface area contributed by atoms with E-state index in [1.54, 1.807) is 6.07 Å². The Balaban J connectivity index is 2.47. The molecule has 2 nitrogen and oxygen atoms in total. The molecule has 84 valence electrons. The first-order valence-electron chi connectivity index (χ1n) is 5.29. The average Bonchev–Trinajstić information content (AvgIpc) is 2.74. The SMILES string of the molecule is CC(C)C(O)C(=O)c1cccc2ccsc12. The highest BCUT2D eigenvalue weighted by Gasteiger charge is 2.22. The van der Waals surface area contributed by atoms with Gasteiger partial charge in [0, 0.05) is 10.3 Å². The molecule has 0 aliphatic rings. The fourth-order valence-corrected chi connectivity index (χ4v) is 2.57. The van der Waals surface area contributed by atoms with Gasteiger partial charge in [0.05, 0.1) is 0 Å². The van der Waals surface area contributed by atoms with Crippen LogP contribution in [-0.4, -0.2) is 17.0 Å². The Morgan fingerprint density at radius 2 is 2.06 bits per heavy atom. The summed E-state index contributed by atoms with van der Waals surface area (Å²) in [5.74, 6) is -0.231. The molecule has 2 aromatic rings. The highest BCUT2D eigenvalue weighted by atomic mass is 32.1. The summed E-state index contributed by atoms with van der Waals surface area (Å²) in [4.78, 5) is 12.1. The number of Topliss-reactive ketones (excluding diaryl/α,β-unsaturated/α-hetero) is 1. The molecule has 0 radical (unpaired) electrons. The van der Waals surface area contributed by atoms with E-state index in [9.17, 15) is 9.90 Å². The molecule has 3 heteroatoms. The van der Waals surface area contributed by atoms with Gasteiger partial charge in [-0.15, -0.1) is 11.3 Å². The van der Waals surface area contributed by atoms with E-state index < -0.39 is 6.10 Å². The fourth-order valence-electron chi connectivity index (χ4n) is 1.65. The van der Waals surface area contributed by atoms with Gasteiger partial charge in [-0.1, -0.05) is 26.0 Å². The van der Waals surface area contributed by atoms with E-state index in [4.69, 9.17) is 0 Å².